The highest BCUT2D eigenvalue weighted by molar-refractivity contribution is 6.01. The summed E-state index contributed by atoms with van der Waals surface area (Å²) in [5.74, 6) is 0.208. The van der Waals surface area contributed by atoms with Crippen molar-refractivity contribution in [3.8, 4) is 0 Å². The summed E-state index contributed by atoms with van der Waals surface area (Å²) in [7, 11) is 0. The molecule has 0 saturated heterocycles. The average molecular weight is 447 g/mol. The first-order chi connectivity index (χ1) is 15.2. The van der Waals surface area contributed by atoms with Crippen molar-refractivity contribution in [3.05, 3.63) is 23.8 Å². The molecule has 5 nitrogen and oxygen atoms in total. The molecule has 5 heteroatoms. The van der Waals surface area contributed by atoms with E-state index in [1.807, 2.05) is 33.8 Å². The third-order valence-electron chi connectivity index (χ3n) is 8.30. The van der Waals surface area contributed by atoms with E-state index in [-0.39, 0.29) is 40.8 Å². The van der Waals surface area contributed by atoms with Gasteiger partial charge >= 0.3 is 5.97 Å². The fourth-order valence-corrected chi connectivity index (χ4v) is 7.13. The Hall–Kier alpha value is -1.75. The second-order valence-electron chi connectivity index (χ2n) is 9.68. The van der Waals surface area contributed by atoms with Gasteiger partial charge in [0.05, 0.1) is 6.10 Å². The number of aliphatic hydroxyl groups is 1. The van der Waals surface area contributed by atoms with E-state index < -0.39 is 12.1 Å². The van der Waals surface area contributed by atoms with Crippen LogP contribution in [0.2, 0.25) is 0 Å². The Morgan fingerprint density at radius 1 is 1.12 bits per heavy atom. The van der Waals surface area contributed by atoms with Crippen molar-refractivity contribution in [1.82, 2.24) is 0 Å². The minimum Gasteiger partial charge on any atom is -0.458 e. The number of hydrogen-bond donors (Lipinski definition) is 1. The SMILES string of the molecule is CC.CC.CC(=O)OCC(=O)C1CCC2C3CCC4=CC(=O)C=CC4(C)C3C(O)CC12C. The van der Waals surface area contributed by atoms with Gasteiger partial charge in [0.15, 0.2) is 11.6 Å². The van der Waals surface area contributed by atoms with E-state index in [9.17, 15) is 19.5 Å². The summed E-state index contributed by atoms with van der Waals surface area (Å²) in [4.78, 5) is 35.8. The Morgan fingerprint density at radius 3 is 2.41 bits per heavy atom. The van der Waals surface area contributed by atoms with Crippen molar-refractivity contribution in [2.45, 2.75) is 86.7 Å². The second-order valence-corrected chi connectivity index (χ2v) is 9.68. The molecular formula is C27H42O5. The number of rotatable bonds is 3. The van der Waals surface area contributed by atoms with Gasteiger partial charge in [-0.3, -0.25) is 14.4 Å². The van der Waals surface area contributed by atoms with E-state index in [1.165, 1.54) is 6.92 Å². The fourth-order valence-electron chi connectivity index (χ4n) is 7.13. The van der Waals surface area contributed by atoms with Crippen LogP contribution in [0.5, 0.6) is 0 Å². The zero-order valence-corrected chi connectivity index (χ0v) is 20.9. The molecule has 3 saturated carbocycles. The zero-order chi connectivity index (χ0) is 24.3. The summed E-state index contributed by atoms with van der Waals surface area (Å²) in [5.41, 5.74) is 0.602. The third-order valence-corrected chi connectivity index (χ3v) is 8.30. The van der Waals surface area contributed by atoms with Crippen LogP contribution < -0.4 is 0 Å². The first-order valence-electron chi connectivity index (χ1n) is 12.4. The van der Waals surface area contributed by atoms with Gasteiger partial charge in [0.2, 0.25) is 0 Å². The monoisotopic (exact) mass is 446 g/mol. The van der Waals surface area contributed by atoms with Crippen LogP contribution in [0, 0.1) is 34.5 Å². The van der Waals surface area contributed by atoms with Gasteiger partial charge in [0, 0.05) is 24.2 Å². The van der Waals surface area contributed by atoms with Crippen LogP contribution in [-0.4, -0.2) is 35.4 Å². The van der Waals surface area contributed by atoms with Crippen LogP contribution in [0.3, 0.4) is 0 Å². The van der Waals surface area contributed by atoms with Gasteiger partial charge < -0.3 is 9.84 Å². The molecule has 1 N–H and O–H groups in total. The Labute approximate surface area is 193 Å². The van der Waals surface area contributed by atoms with Crippen molar-refractivity contribution < 1.29 is 24.2 Å². The molecule has 4 aliphatic carbocycles. The van der Waals surface area contributed by atoms with Gasteiger partial charge in [0.25, 0.3) is 0 Å². The average Bonchev–Trinajstić information content (AvgIpc) is 3.11. The minimum atomic E-state index is -0.514. The van der Waals surface area contributed by atoms with E-state index in [4.69, 9.17) is 4.74 Å². The summed E-state index contributed by atoms with van der Waals surface area (Å²) in [6, 6.07) is 0. The number of carbonyl (C=O) groups excluding carboxylic acids is 3. The number of aliphatic hydroxyl groups excluding tert-OH is 1. The predicted octanol–water partition coefficient (Wildman–Crippen LogP) is 5.07. The Morgan fingerprint density at radius 2 is 1.78 bits per heavy atom. The van der Waals surface area contributed by atoms with Crippen LogP contribution in [-0.2, 0) is 19.1 Å². The molecular weight excluding hydrogens is 404 g/mol. The highest BCUT2D eigenvalue weighted by Gasteiger charge is 2.62. The lowest BCUT2D eigenvalue weighted by molar-refractivity contribution is -0.152. The molecule has 0 aromatic heterocycles. The van der Waals surface area contributed by atoms with Crippen LogP contribution in [0.1, 0.15) is 80.6 Å². The minimum absolute atomic E-state index is 0.0170. The summed E-state index contributed by atoms with van der Waals surface area (Å²) < 4.78 is 4.97. The number of hydrogen-bond acceptors (Lipinski definition) is 5. The number of Topliss-reactive ketones (excluding diaryl/α,β-unsaturated/α-hetero) is 1. The molecule has 0 aromatic carbocycles. The van der Waals surface area contributed by atoms with Gasteiger partial charge in [-0.1, -0.05) is 53.2 Å². The van der Waals surface area contributed by atoms with Crippen LogP contribution >= 0.6 is 0 Å². The fraction of sp³-hybridized carbons (Fsp3) is 0.741. The molecule has 4 aliphatic rings. The van der Waals surface area contributed by atoms with Gasteiger partial charge in [-0.25, -0.2) is 0 Å². The largest absolute Gasteiger partial charge is 0.458 e. The second kappa shape index (κ2) is 10.5. The van der Waals surface area contributed by atoms with Crippen molar-refractivity contribution in [1.29, 1.82) is 0 Å². The maximum atomic E-state index is 12.8. The van der Waals surface area contributed by atoms with Crippen molar-refractivity contribution in [3.63, 3.8) is 0 Å². The van der Waals surface area contributed by atoms with Crippen LogP contribution in [0.15, 0.2) is 23.8 Å². The van der Waals surface area contributed by atoms with E-state index in [2.05, 4.69) is 13.8 Å². The molecule has 7 unspecified atom stereocenters. The number of fused-ring (bicyclic) bond motifs is 5. The molecule has 0 heterocycles. The number of allylic oxidation sites excluding steroid dienone is 4. The van der Waals surface area contributed by atoms with Gasteiger partial charge in [-0.15, -0.1) is 0 Å². The summed E-state index contributed by atoms with van der Waals surface area (Å²) in [6.45, 7) is 13.5. The van der Waals surface area contributed by atoms with E-state index in [1.54, 1.807) is 12.2 Å². The van der Waals surface area contributed by atoms with E-state index in [0.29, 0.717) is 18.3 Å². The highest BCUT2D eigenvalue weighted by atomic mass is 16.5. The molecule has 0 bridgehead atoms. The Bertz CT molecular complexity index is 781. The highest BCUT2D eigenvalue weighted by Crippen LogP contribution is 2.66. The Balaban J connectivity index is 0.000000860. The molecule has 0 radical (unpaired) electrons. The molecule has 32 heavy (non-hydrogen) atoms. The van der Waals surface area contributed by atoms with E-state index in [0.717, 1.165) is 31.3 Å². The lowest BCUT2D eigenvalue weighted by Gasteiger charge is -2.58. The summed E-state index contributed by atoms with van der Waals surface area (Å²) >= 11 is 0. The zero-order valence-electron chi connectivity index (χ0n) is 20.9. The van der Waals surface area contributed by atoms with Gasteiger partial charge in [-0.05, 0) is 61.5 Å². The summed E-state index contributed by atoms with van der Waals surface area (Å²) in [5, 5.41) is 11.3. The summed E-state index contributed by atoms with van der Waals surface area (Å²) in [6.07, 6.45) is 9.08. The van der Waals surface area contributed by atoms with Gasteiger partial charge in [0.1, 0.15) is 6.61 Å². The van der Waals surface area contributed by atoms with Crippen molar-refractivity contribution in [2.24, 2.45) is 34.5 Å². The molecule has 3 fully saturated rings. The topological polar surface area (TPSA) is 80.7 Å². The maximum absolute atomic E-state index is 12.8. The number of ketones is 2. The number of ether oxygens (including phenoxy) is 1. The van der Waals surface area contributed by atoms with Crippen molar-refractivity contribution >= 4 is 17.5 Å². The first kappa shape index (κ1) is 26.5. The quantitative estimate of drug-likeness (QED) is 0.613. The molecule has 4 rings (SSSR count). The number of esters is 1. The van der Waals surface area contributed by atoms with Crippen LogP contribution in [0.25, 0.3) is 0 Å². The smallest absolute Gasteiger partial charge is 0.303 e. The first-order valence-corrected chi connectivity index (χ1v) is 12.4. The van der Waals surface area contributed by atoms with E-state index >= 15 is 0 Å². The maximum Gasteiger partial charge on any atom is 0.303 e. The third kappa shape index (κ3) is 4.50. The molecule has 7 atom stereocenters. The molecule has 0 aromatic rings. The lowest BCUT2D eigenvalue weighted by Crippen LogP contribution is -2.56. The Kier molecular flexibility index (Phi) is 8.66. The van der Waals surface area contributed by atoms with Gasteiger partial charge in [-0.2, -0.15) is 0 Å². The number of carbonyl (C=O) groups is 3. The molecule has 0 aliphatic heterocycles. The molecule has 0 spiro atoms. The predicted molar refractivity (Wildman–Crippen MR) is 126 cm³/mol. The molecule has 180 valence electrons. The lowest BCUT2D eigenvalue weighted by atomic mass is 9.46. The van der Waals surface area contributed by atoms with Crippen LogP contribution in [0.4, 0.5) is 0 Å². The molecule has 0 amide bonds. The van der Waals surface area contributed by atoms with Crippen molar-refractivity contribution in [2.75, 3.05) is 6.61 Å². The normalized spacial score (nSPS) is 39.1. The standard InChI is InChI=1S/C23H30O5.2C2H6/c1-13(24)28-12-20(27)18-7-6-17-16-5-4-14-10-15(25)8-9-22(14,2)21(16)19(26)11-23(17,18)3;2*1-2/h8-10,16-19,21,26H,4-7,11-12H2,1-3H3;2*1-2H3.